The maximum Gasteiger partial charge on any atom is 0.159 e. The van der Waals surface area contributed by atoms with Gasteiger partial charge in [-0.05, 0) is 106 Å². The van der Waals surface area contributed by atoms with Crippen molar-refractivity contribution in [3.8, 4) is 0 Å². The van der Waals surface area contributed by atoms with E-state index in [1.165, 1.54) is 0 Å². The zero-order valence-electron chi connectivity index (χ0n) is 20.6. The zero-order valence-corrected chi connectivity index (χ0v) is 20.6. The quantitative estimate of drug-likeness (QED) is 0.513. The molecule has 0 radical (unpaired) electrons. The van der Waals surface area contributed by atoms with Crippen LogP contribution in [0.2, 0.25) is 0 Å². The molecule has 0 aliphatic heterocycles. The fourth-order valence-corrected chi connectivity index (χ4v) is 8.23. The Morgan fingerprint density at radius 2 is 1.81 bits per heavy atom. The molecular formula is C27H44O5. The van der Waals surface area contributed by atoms with Crippen LogP contribution in [0.5, 0.6) is 0 Å². The molecule has 32 heavy (non-hydrogen) atoms. The highest BCUT2D eigenvalue weighted by Crippen LogP contribution is 2.68. The first kappa shape index (κ1) is 24.4. The number of aliphatic hydroxyl groups is 4. The lowest BCUT2D eigenvalue weighted by Crippen LogP contribution is -2.59. The van der Waals surface area contributed by atoms with E-state index in [1.54, 1.807) is 19.9 Å². The van der Waals surface area contributed by atoms with Crippen LogP contribution in [0.15, 0.2) is 11.6 Å². The van der Waals surface area contributed by atoms with E-state index >= 15 is 0 Å². The van der Waals surface area contributed by atoms with Crippen molar-refractivity contribution in [2.75, 3.05) is 0 Å². The number of rotatable bonds is 5. The Balaban J connectivity index is 1.61. The summed E-state index contributed by atoms with van der Waals surface area (Å²) in [7, 11) is 0. The van der Waals surface area contributed by atoms with Crippen LogP contribution in [-0.4, -0.2) is 49.6 Å². The summed E-state index contributed by atoms with van der Waals surface area (Å²) >= 11 is 0. The van der Waals surface area contributed by atoms with Gasteiger partial charge in [-0.2, -0.15) is 0 Å². The first-order chi connectivity index (χ1) is 14.7. The van der Waals surface area contributed by atoms with Crippen LogP contribution in [0.1, 0.15) is 92.4 Å². The van der Waals surface area contributed by atoms with Crippen LogP contribution in [0.4, 0.5) is 0 Å². The van der Waals surface area contributed by atoms with E-state index in [9.17, 15) is 25.2 Å². The Hall–Kier alpha value is -0.750. The molecule has 9 atom stereocenters. The average Bonchev–Trinajstić information content (AvgIpc) is 2.98. The lowest BCUT2D eigenvalue weighted by atomic mass is 9.46. The van der Waals surface area contributed by atoms with Crippen LogP contribution in [0.25, 0.3) is 0 Å². The van der Waals surface area contributed by atoms with Gasteiger partial charge >= 0.3 is 0 Å². The van der Waals surface area contributed by atoms with Crippen molar-refractivity contribution in [2.24, 2.45) is 34.5 Å². The summed E-state index contributed by atoms with van der Waals surface area (Å²) in [6.07, 6.45) is 7.33. The number of carbonyl (C=O) groups is 1. The van der Waals surface area contributed by atoms with E-state index < -0.39 is 23.4 Å². The van der Waals surface area contributed by atoms with E-state index in [0.29, 0.717) is 25.7 Å². The summed E-state index contributed by atoms with van der Waals surface area (Å²) in [5.74, 6) is 0.301. The van der Waals surface area contributed by atoms with E-state index in [1.807, 2.05) is 0 Å². The topological polar surface area (TPSA) is 98.0 Å². The molecule has 3 saturated carbocycles. The van der Waals surface area contributed by atoms with Gasteiger partial charge in [0.15, 0.2) is 5.78 Å². The highest BCUT2D eigenvalue weighted by molar-refractivity contribution is 5.95. The predicted molar refractivity (Wildman–Crippen MR) is 124 cm³/mol. The van der Waals surface area contributed by atoms with Crippen molar-refractivity contribution in [2.45, 2.75) is 116 Å². The molecule has 0 amide bonds. The number of hydrogen-bond donors (Lipinski definition) is 4. The van der Waals surface area contributed by atoms with Crippen LogP contribution in [0.3, 0.4) is 0 Å². The van der Waals surface area contributed by atoms with Gasteiger partial charge in [-0.1, -0.05) is 20.8 Å². The smallest absolute Gasteiger partial charge is 0.159 e. The Morgan fingerprint density at radius 1 is 1.12 bits per heavy atom. The average molecular weight is 449 g/mol. The second-order valence-corrected chi connectivity index (χ2v) is 12.8. The second kappa shape index (κ2) is 7.90. The van der Waals surface area contributed by atoms with Crippen molar-refractivity contribution < 1.29 is 25.2 Å². The first-order valence-corrected chi connectivity index (χ1v) is 12.8. The summed E-state index contributed by atoms with van der Waals surface area (Å²) in [6.45, 7) is 10.0. The van der Waals surface area contributed by atoms with Crippen LogP contribution in [0, 0.1) is 34.5 Å². The summed E-state index contributed by atoms with van der Waals surface area (Å²) in [4.78, 5) is 13.2. The summed E-state index contributed by atoms with van der Waals surface area (Å²) < 4.78 is 0. The first-order valence-electron chi connectivity index (χ1n) is 12.8. The molecule has 4 aliphatic carbocycles. The van der Waals surface area contributed by atoms with Crippen LogP contribution < -0.4 is 0 Å². The molecule has 0 spiro atoms. The van der Waals surface area contributed by atoms with Gasteiger partial charge in [0.05, 0.1) is 23.4 Å². The summed E-state index contributed by atoms with van der Waals surface area (Å²) in [6, 6.07) is 0. The molecule has 4 N–H and O–H groups in total. The van der Waals surface area contributed by atoms with Gasteiger partial charge in [0.2, 0.25) is 0 Å². The number of hydrogen-bond acceptors (Lipinski definition) is 5. The molecule has 5 nitrogen and oxygen atoms in total. The Morgan fingerprint density at radius 3 is 2.47 bits per heavy atom. The standard InChI is InChI=1S/C27H44O5/c1-16(22(29)9-10-24(2,3)31)18-8-13-27(32)20-15-23(30)21-14-17(28)6-11-25(21,4)19(20)7-12-26(18,27)5/h15-19,21-22,28-29,31-32H,6-14H2,1-5H3/t16-,17-,18?,19?,21?,22+,25+,26+,27+/m0/s1. The molecule has 0 aromatic rings. The molecule has 0 saturated heterocycles. The maximum atomic E-state index is 13.2. The molecule has 0 aromatic heterocycles. The number of fused-ring (bicyclic) bond motifs is 5. The minimum Gasteiger partial charge on any atom is -0.393 e. The largest absolute Gasteiger partial charge is 0.393 e. The van der Waals surface area contributed by atoms with Crippen LogP contribution in [-0.2, 0) is 4.79 Å². The molecule has 4 aliphatic rings. The third kappa shape index (κ3) is 3.62. The van der Waals surface area contributed by atoms with Crippen molar-refractivity contribution >= 4 is 5.78 Å². The number of aliphatic hydroxyl groups excluding tert-OH is 2. The van der Waals surface area contributed by atoms with Gasteiger partial charge in [-0.3, -0.25) is 4.79 Å². The Kier molecular flexibility index (Phi) is 6.02. The molecule has 5 heteroatoms. The molecule has 0 aromatic carbocycles. The van der Waals surface area contributed by atoms with Crippen molar-refractivity contribution in [1.82, 2.24) is 0 Å². The lowest BCUT2D eigenvalue weighted by Gasteiger charge is -2.59. The molecule has 0 bridgehead atoms. The van der Waals surface area contributed by atoms with E-state index in [4.69, 9.17) is 0 Å². The molecule has 4 rings (SSSR count). The fourth-order valence-electron chi connectivity index (χ4n) is 8.23. The molecule has 0 heterocycles. The van der Waals surface area contributed by atoms with E-state index in [0.717, 1.165) is 37.7 Å². The maximum absolute atomic E-state index is 13.2. The highest BCUT2D eigenvalue weighted by Gasteiger charge is 2.66. The van der Waals surface area contributed by atoms with Gasteiger partial charge in [-0.15, -0.1) is 0 Å². The van der Waals surface area contributed by atoms with Crippen LogP contribution >= 0.6 is 0 Å². The zero-order chi connectivity index (χ0) is 23.7. The van der Waals surface area contributed by atoms with Gasteiger partial charge in [0.1, 0.15) is 0 Å². The Bertz CT molecular complexity index is 783. The molecule has 3 fully saturated rings. The Labute approximate surface area is 193 Å². The summed E-state index contributed by atoms with van der Waals surface area (Å²) in [5.41, 5.74) is -1.43. The third-order valence-corrected chi connectivity index (χ3v) is 10.4. The molecule has 3 unspecified atom stereocenters. The normalized spacial score (nSPS) is 46.0. The minimum atomic E-state index is -1.01. The fraction of sp³-hybridized carbons (Fsp3) is 0.889. The highest BCUT2D eigenvalue weighted by atomic mass is 16.3. The second-order valence-electron chi connectivity index (χ2n) is 12.8. The molecular weight excluding hydrogens is 404 g/mol. The third-order valence-electron chi connectivity index (χ3n) is 10.4. The van der Waals surface area contributed by atoms with E-state index in [-0.39, 0.29) is 40.3 Å². The van der Waals surface area contributed by atoms with Gasteiger partial charge in [0, 0.05) is 11.3 Å². The predicted octanol–water partition coefficient (Wildman–Crippen LogP) is 3.77. The monoisotopic (exact) mass is 448 g/mol. The summed E-state index contributed by atoms with van der Waals surface area (Å²) in [5, 5.41) is 43.4. The van der Waals surface area contributed by atoms with Gasteiger partial charge in [-0.25, -0.2) is 0 Å². The van der Waals surface area contributed by atoms with E-state index in [2.05, 4.69) is 20.8 Å². The van der Waals surface area contributed by atoms with Crippen molar-refractivity contribution in [1.29, 1.82) is 0 Å². The van der Waals surface area contributed by atoms with Crippen molar-refractivity contribution in [3.63, 3.8) is 0 Å². The lowest BCUT2D eigenvalue weighted by molar-refractivity contribution is -0.142. The number of carbonyl (C=O) groups excluding carboxylic acids is 1. The number of ketones is 1. The van der Waals surface area contributed by atoms with Crippen molar-refractivity contribution in [3.05, 3.63) is 11.6 Å². The number of allylic oxidation sites excluding steroid dienone is 1. The SMILES string of the molecule is C[C@@H](C1CC[C@@]2(O)C3=CC(=O)C4C[C@@H](O)CC[C@]4(C)C3CC[C@]12C)[C@H](O)CCC(C)(C)O. The van der Waals surface area contributed by atoms with Gasteiger partial charge in [0.25, 0.3) is 0 Å². The van der Waals surface area contributed by atoms with Gasteiger partial charge < -0.3 is 20.4 Å². The molecule has 182 valence electrons. The minimum absolute atomic E-state index is 0.0148.